The fraction of sp³-hybridized carbons (Fsp3) is 0.800. The van der Waals surface area contributed by atoms with Crippen LogP contribution in [0.3, 0.4) is 0 Å². The highest BCUT2D eigenvalue weighted by Crippen LogP contribution is 2.34. The lowest BCUT2D eigenvalue weighted by Gasteiger charge is -2.22. The van der Waals surface area contributed by atoms with E-state index >= 15 is 0 Å². The summed E-state index contributed by atoms with van der Waals surface area (Å²) in [6.07, 6.45) is 5.00. The van der Waals surface area contributed by atoms with Crippen LogP contribution in [0, 0.1) is 0 Å². The summed E-state index contributed by atoms with van der Waals surface area (Å²) in [5.41, 5.74) is 1.36. The maximum atomic E-state index is 5.35. The van der Waals surface area contributed by atoms with E-state index < -0.39 is 0 Å². The van der Waals surface area contributed by atoms with E-state index in [1.165, 1.54) is 34.8 Å². The number of aryl methyl sites for hydroxylation is 1. The van der Waals surface area contributed by atoms with Crippen molar-refractivity contribution in [3.8, 4) is 0 Å². The Balaban J connectivity index is 2.06. The number of methoxy groups -OCH3 is 1. The van der Waals surface area contributed by atoms with Crippen LogP contribution >= 0.6 is 11.3 Å². The summed E-state index contributed by atoms with van der Waals surface area (Å²) in [4.78, 5) is 6.41. The molecule has 1 aliphatic rings. The molecule has 1 heterocycles. The van der Waals surface area contributed by atoms with E-state index in [0.29, 0.717) is 12.0 Å². The number of nitrogens with one attached hydrogen (secondary N) is 1. The molecule has 1 N–H and O–H groups in total. The molecule has 108 valence electrons. The van der Waals surface area contributed by atoms with Crippen LogP contribution in [0.15, 0.2) is 0 Å². The summed E-state index contributed by atoms with van der Waals surface area (Å²) < 4.78 is 5.35. The number of rotatable bonds is 6. The van der Waals surface area contributed by atoms with E-state index in [9.17, 15) is 0 Å². The summed E-state index contributed by atoms with van der Waals surface area (Å²) in [5.74, 6) is 0.606. The topological polar surface area (TPSA) is 34.1 Å². The normalized spacial score (nSPS) is 20.6. The van der Waals surface area contributed by atoms with Gasteiger partial charge in [-0.25, -0.2) is 4.98 Å². The van der Waals surface area contributed by atoms with Crippen molar-refractivity contribution in [1.29, 1.82) is 0 Å². The monoisotopic (exact) mass is 282 g/mol. The first-order valence-electron chi connectivity index (χ1n) is 7.34. The van der Waals surface area contributed by atoms with Gasteiger partial charge in [-0.15, -0.1) is 11.3 Å². The molecule has 0 fully saturated rings. The van der Waals surface area contributed by atoms with Gasteiger partial charge in [-0.05, 0) is 26.2 Å². The number of hydrogen-bond donors (Lipinski definition) is 1. The van der Waals surface area contributed by atoms with Gasteiger partial charge in [-0.2, -0.15) is 0 Å². The van der Waals surface area contributed by atoms with Gasteiger partial charge in [0, 0.05) is 36.9 Å². The molecule has 1 aromatic rings. The van der Waals surface area contributed by atoms with E-state index in [1.807, 2.05) is 11.3 Å². The van der Waals surface area contributed by atoms with Gasteiger partial charge < -0.3 is 10.1 Å². The molecule has 0 saturated carbocycles. The Kier molecular flexibility index (Phi) is 5.37. The molecule has 0 saturated heterocycles. The Morgan fingerprint density at radius 2 is 2.21 bits per heavy atom. The first-order chi connectivity index (χ1) is 9.10. The SMILES string of the molecule is COC(C)Cc1nc2c(s1)CCCC2CNC(C)C. The number of aromatic nitrogens is 1. The number of nitrogens with zero attached hydrogens (tertiary/aromatic N) is 1. The molecule has 2 rings (SSSR count). The van der Waals surface area contributed by atoms with Crippen molar-refractivity contribution in [2.75, 3.05) is 13.7 Å². The quantitative estimate of drug-likeness (QED) is 0.870. The van der Waals surface area contributed by atoms with Gasteiger partial charge in [-0.1, -0.05) is 13.8 Å². The van der Waals surface area contributed by atoms with Gasteiger partial charge in [0.05, 0.1) is 16.8 Å². The fourth-order valence-electron chi connectivity index (χ4n) is 2.55. The highest BCUT2D eigenvalue weighted by molar-refractivity contribution is 7.11. The van der Waals surface area contributed by atoms with Crippen molar-refractivity contribution >= 4 is 11.3 Å². The van der Waals surface area contributed by atoms with E-state index in [0.717, 1.165) is 13.0 Å². The fourth-order valence-corrected chi connectivity index (χ4v) is 3.86. The van der Waals surface area contributed by atoms with E-state index in [4.69, 9.17) is 9.72 Å². The second-order valence-corrected chi connectivity index (χ2v) is 6.99. The van der Waals surface area contributed by atoms with Crippen LogP contribution < -0.4 is 5.32 Å². The molecule has 3 nitrogen and oxygen atoms in total. The molecule has 0 spiro atoms. The smallest absolute Gasteiger partial charge is 0.0956 e. The van der Waals surface area contributed by atoms with Crippen molar-refractivity contribution in [1.82, 2.24) is 10.3 Å². The summed E-state index contributed by atoms with van der Waals surface area (Å²) in [7, 11) is 1.77. The first kappa shape index (κ1) is 14.9. The molecule has 1 aliphatic carbocycles. The summed E-state index contributed by atoms with van der Waals surface area (Å²) in [6.45, 7) is 7.58. The average Bonchev–Trinajstić information content (AvgIpc) is 2.78. The lowest BCUT2D eigenvalue weighted by atomic mass is 9.91. The zero-order chi connectivity index (χ0) is 13.8. The third-order valence-corrected chi connectivity index (χ3v) is 4.91. The first-order valence-corrected chi connectivity index (χ1v) is 8.16. The van der Waals surface area contributed by atoms with Crippen LogP contribution in [0.25, 0.3) is 0 Å². The minimum atomic E-state index is 0.264. The maximum Gasteiger partial charge on any atom is 0.0956 e. The Labute approximate surface area is 120 Å². The highest BCUT2D eigenvalue weighted by Gasteiger charge is 2.25. The molecule has 2 atom stereocenters. The van der Waals surface area contributed by atoms with Crippen LogP contribution in [-0.4, -0.2) is 30.8 Å². The largest absolute Gasteiger partial charge is 0.381 e. The molecule has 0 bridgehead atoms. The maximum absolute atomic E-state index is 5.35. The average molecular weight is 282 g/mol. The molecule has 19 heavy (non-hydrogen) atoms. The van der Waals surface area contributed by atoms with Gasteiger partial charge in [0.25, 0.3) is 0 Å². The van der Waals surface area contributed by atoms with Crippen LogP contribution in [-0.2, 0) is 17.6 Å². The molecule has 0 amide bonds. The zero-order valence-electron chi connectivity index (χ0n) is 12.5. The third-order valence-electron chi connectivity index (χ3n) is 3.75. The summed E-state index contributed by atoms with van der Waals surface area (Å²) in [5, 5.41) is 4.80. The molecule has 0 aliphatic heterocycles. The number of hydrogen-bond acceptors (Lipinski definition) is 4. The lowest BCUT2D eigenvalue weighted by molar-refractivity contribution is 0.118. The van der Waals surface area contributed by atoms with Crippen molar-refractivity contribution in [2.45, 2.75) is 64.5 Å². The highest BCUT2D eigenvalue weighted by atomic mass is 32.1. The molecule has 0 aromatic carbocycles. The van der Waals surface area contributed by atoms with Crippen LogP contribution in [0.2, 0.25) is 0 Å². The lowest BCUT2D eigenvalue weighted by Crippen LogP contribution is -2.29. The minimum absolute atomic E-state index is 0.264. The van der Waals surface area contributed by atoms with E-state index in [1.54, 1.807) is 7.11 Å². The molecule has 4 heteroatoms. The minimum Gasteiger partial charge on any atom is -0.381 e. The third kappa shape index (κ3) is 4.01. The second kappa shape index (κ2) is 6.82. The zero-order valence-corrected chi connectivity index (χ0v) is 13.3. The predicted molar refractivity (Wildman–Crippen MR) is 81.1 cm³/mol. The Morgan fingerprint density at radius 1 is 1.42 bits per heavy atom. The predicted octanol–water partition coefficient (Wildman–Crippen LogP) is 3.14. The molecule has 0 radical (unpaired) electrons. The van der Waals surface area contributed by atoms with Crippen molar-refractivity contribution < 1.29 is 4.74 Å². The second-order valence-electron chi connectivity index (χ2n) is 5.82. The van der Waals surface area contributed by atoms with Crippen molar-refractivity contribution in [3.05, 3.63) is 15.6 Å². The Morgan fingerprint density at radius 3 is 2.89 bits per heavy atom. The summed E-state index contributed by atoms with van der Waals surface area (Å²) in [6, 6.07) is 0.553. The van der Waals surface area contributed by atoms with Crippen LogP contribution in [0.4, 0.5) is 0 Å². The Hall–Kier alpha value is -0.450. The molecular weight excluding hydrogens is 256 g/mol. The molecule has 2 unspecified atom stereocenters. The van der Waals surface area contributed by atoms with E-state index in [2.05, 4.69) is 26.1 Å². The van der Waals surface area contributed by atoms with Gasteiger partial charge >= 0.3 is 0 Å². The van der Waals surface area contributed by atoms with Crippen molar-refractivity contribution in [3.63, 3.8) is 0 Å². The Bertz CT molecular complexity index is 403. The van der Waals surface area contributed by atoms with Gasteiger partial charge in [0.2, 0.25) is 0 Å². The summed E-state index contributed by atoms with van der Waals surface area (Å²) >= 11 is 1.90. The number of fused-ring (bicyclic) bond motifs is 1. The number of thiazole rings is 1. The van der Waals surface area contributed by atoms with E-state index in [-0.39, 0.29) is 6.10 Å². The molecular formula is C15H26N2OS. The van der Waals surface area contributed by atoms with Crippen LogP contribution in [0.1, 0.15) is 55.1 Å². The van der Waals surface area contributed by atoms with Gasteiger partial charge in [-0.3, -0.25) is 0 Å². The van der Waals surface area contributed by atoms with Gasteiger partial charge in [0.15, 0.2) is 0 Å². The van der Waals surface area contributed by atoms with Gasteiger partial charge in [0.1, 0.15) is 0 Å². The van der Waals surface area contributed by atoms with Crippen LogP contribution in [0.5, 0.6) is 0 Å². The van der Waals surface area contributed by atoms with Crippen molar-refractivity contribution in [2.24, 2.45) is 0 Å². The molecule has 1 aromatic heterocycles. The standard InChI is InChI=1S/C15H26N2OS/c1-10(2)16-9-12-6-5-7-13-15(12)17-14(19-13)8-11(3)18-4/h10-12,16H,5-9H2,1-4H3. The number of ether oxygens (including phenoxy) is 1.